The maximum absolute atomic E-state index is 12.2. The molecule has 6 heteroatoms. The second-order valence-electron chi connectivity index (χ2n) is 5.94. The third-order valence-corrected chi connectivity index (χ3v) is 3.64. The zero-order chi connectivity index (χ0) is 17.0. The van der Waals surface area contributed by atoms with Crippen molar-refractivity contribution in [3.05, 3.63) is 35.4 Å². The van der Waals surface area contributed by atoms with E-state index in [-0.39, 0.29) is 36.6 Å². The molecule has 6 nitrogen and oxygen atoms in total. The molecule has 120 valence electrons. The summed E-state index contributed by atoms with van der Waals surface area (Å²) in [5.74, 6) is -0.806. The van der Waals surface area contributed by atoms with E-state index >= 15 is 0 Å². The predicted octanol–water partition coefficient (Wildman–Crippen LogP) is 1.73. The zero-order valence-corrected chi connectivity index (χ0v) is 13.2. The Morgan fingerprint density at radius 3 is 2.26 bits per heavy atom. The van der Waals surface area contributed by atoms with Gasteiger partial charge in [-0.15, -0.1) is 0 Å². The molecule has 0 radical (unpaired) electrons. The average molecular weight is 313 g/mol. The van der Waals surface area contributed by atoms with Crippen LogP contribution in [0.4, 0.5) is 0 Å². The standard InChI is InChI=1S/C17H19N3O3/c1-11(2)9-12(10-18)19-15(21)7-8-20-16(22)13-5-3-4-6-14(13)17(20)23/h3-6,11-12H,7-9H2,1-2H3,(H,19,21)/t12-/m0/s1. The topological polar surface area (TPSA) is 90.3 Å². The molecular weight excluding hydrogens is 294 g/mol. The third-order valence-electron chi connectivity index (χ3n) is 3.64. The lowest BCUT2D eigenvalue weighted by atomic mass is 10.0. The van der Waals surface area contributed by atoms with E-state index in [1.54, 1.807) is 24.3 Å². The lowest BCUT2D eigenvalue weighted by Gasteiger charge is -2.16. The van der Waals surface area contributed by atoms with Crippen LogP contribution in [0.3, 0.4) is 0 Å². The molecule has 0 aliphatic carbocycles. The molecule has 2 rings (SSSR count). The summed E-state index contributed by atoms with van der Waals surface area (Å²) in [5.41, 5.74) is 0.736. The van der Waals surface area contributed by atoms with Crippen molar-refractivity contribution in [1.82, 2.24) is 10.2 Å². The van der Waals surface area contributed by atoms with Crippen molar-refractivity contribution in [2.45, 2.75) is 32.7 Å². The average Bonchev–Trinajstić information content (AvgIpc) is 2.76. The summed E-state index contributed by atoms with van der Waals surface area (Å²) in [5, 5.41) is 11.6. The predicted molar refractivity (Wildman–Crippen MR) is 83.4 cm³/mol. The molecule has 1 N–H and O–H groups in total. The Labute approximate surface area is 135 Å². The zero-order valence-electron chi connectivity index (χ0n) is 13.2. The number of nitrogens with one attached hydrogen (secondary N) is 1. The fourth-order valence-corrected chi connectivity index (χ4v) is 2.54. The first-order valence-corrected chi connectivity index (χ1v) is 7.58. The van der Waals surface area contributed by atoms with Crippen molar-refractivity contribution in [3.8, 4) is 6.07 Å². The number of carbonyl (C=O) groups is 3. The van der Waals surface area contributed by atoms with Crippen LogP contribution in [0.5, 0.6) is 0 Å². The molecular formula is C17H19N3O3. The normalized spacial score (nSPS) is 14.6. The number of nitriles is 1. The smallest absolute Gasteiger partial charge is 0.261 e. The molecule has 1 atom stereocenters. The third kappa shape index (κ3) is 3.75. The molecule has 3 amide bonds. The number of hydrogen-bond acceptors (Lipinski definition) is 4. The number of imide groups is 1. The summed E-state index contributed by atoms with van der Waals surface area (Å²) in [6.07, 6.45) is 0.553. The lowest BCUT2D eigenvalue weighted by molar-refractivity contribution is -0.121. The maximum atomic E-state index is 12.2. The van der Waals surface area contributed by atoms with E-state index in [1.165, 1.54) is 0 Å². The Bertz CT molecular complexity index is 641. The number of rotatable bonds is 6. The van der Waals surface area contributed by atoms with Gasteiger partial charge in [0.2, 0.25) is 5.91 Å². The first-order chi connectivity index (χ1) is 10.9. The molecule has 23 heavy (non-hydrogen) atoms. The molecule has 1 aromatic rings. The summed E-state index contributed by atoms with van der Waals surface area (Å²) >= 11 is 0. The van der Waals surface area contributed by atoms with Crippen molar-refractivity contribution in [1.29, 1.82) is 5.26 Å². The number of amides is 3. The minimum absolute atomic E-state index is 0.0119. The van der Waals surface area contributed by atoms with E-state index in [0.717, 1.165) is 4.90 Å². The maximum Gasteiger partial charge on any atom is 0.261 e. The van der Waals surface area contributed by atoms with E-state index in [1.807, 2.05) is 19.9 Å². The highest BCUT2D eigenvalue weighted by Crippen LogP contribution is 2.22. The van der Waals surface area contributed by atoms with Gasteiger partial charge in [0.05, 0.1) is 17.2 Å². The molecule has 0 saturated carbocycles. The fourth-order valence-electron chi connectivity index (χ4n) is 2.54. The Balaban J connectivity index is 1.92. The molecule has 1 aliphatic rings. The second-order valence-corrected chi connectivity index (χ2v) is 5.94. The van der Waals surface area contributed by atoms with E-state index in [4.69, 9.17) is 5.26 Å². The lowest BCUT2D eigenvalue weighted by Crippen LogP contribution is -2.38. The van der Waals surface area contributed by atoms with Crippen LogP contribution in [-0.2, 0) is 4.79 Å². The highest BCUT2D eigenvalue weighted by Gasteiger charge is 2.35. The quantitative estimate of drug-likeness (QED) is 0.810. The Morgan fingerprint density at radius 2 is 1.78 bits per heavy atom. The van der Waals surface area contributed by atoms with Crippen LogP contribution in [0.2, 0.25) is 0 Å². The molecule has 0 aromatic heterocycles. The fraction of sp³-hybridized carbons (Fsp3) is 0.412. The van der Waals surface area contributed by atoms with Crippen molar-refractivity contribution < 1.29 is 14.4 Å². The molecule has 0 saturated heterocycles. The van der Waals surface area contributed by atoms with Gasteiger partial charge in [0, 0.05) is 13.0 Å². The van der Waals surface area contributed by atoms with Crippen LogP contribution < -0.4 is 5.32 Å². The number of nitrogens with zero attached hydrogens (tertiary/aromatic N) is 2. The second kappa shape index (κ2) is 7.05. The van der Waals surface area contributed by atoms with Gasteiger partial charge in [0.15, 0.2) is 0 Å². The van der Waals surface area contributed by atoms with Gasteiger partial charge in [-0.05, 0) is 24.5 Å². The van der Waals surface area contributed by atoms with Crippen molar-refractivity contribution in [2.24, 2.45) is 5.92 Å². The van der Waals surface area contributed by atoms with Crippen molar-refractivity contribution in [3.63, 3.8) is 0 Å². The van der Waals surface area contributed by atoms with Crippen molar-refractivity contribution in [2.75, 3.05) is 6.54 Å². The van der Waals surface area contributed by atoms with Gasteiger partial charge in [-0.1, -0.05) is 26.0 Å². The summed E-state index contributed by atoms with van der Waals surface area (Å²) in [6.45, 7) is 3.95. The van der Waals surface area contributed by atoms with Gasteiger partial charge in [-0.2, -0.15) is 5.26 Å². The monoisotopic (exact) mass is 313 g/mol. The van der Waals surface area contributed by atoms with Crippen LogP contribution >= 0.6 is 0 Å². The first-order valence-electron chi connectivity index (χ1n) is 7.58. The van der Waals surface area contributed by atoms with E-state index < -0.39 is 6.04 Å². The molecule has 1 aliphatic heterocycles. The summed E-state index contributed by atoms with van der Waals surface area (Å²) in [7, 11) is 0. The van der Waals surface area contributed by atoms with Crippen LogP contribution in [0.1, 0.15) is 47.4 Å². The number of carbonyl (C=O) groups excluding carboxylic acids is 3. The number of hydrogen-bond donors (Lipinski definition) is 1. The number of fused-ring (bicyclic) bond motifs is 1. The largest absolute Gasteiger partial charge is 0.340 e. The van der Waals surface area contributed by atoms with Crippen LogP contribution in [-0.4, -0.2) is 35.2 Å². The number of benzene rings is 1. The van der Waals surface area contributed by atoms with Gasteiger partial charge < -0.3 is 5.32 Å². The molecule has 1 heterocycles. The highest BCUT2D eigenvalue weighted by molar-refractivity contribution is 6.21. The molecule has 0 bridgehead atoms. The molecule has 0 fully saturated rings. The summed E-state index contributed by atoms with van der Waals surface area (Å²) < 4.78 is 0. The van der Waals surface area contributed by atoms with Gasteiger partial charge in [0.1, 0.15) is 6.04 Å². The van der Waals surface area contributed by atoms with Gasteiger partial charge in [-0.3, -0.25) is 19.3 Å². The minimum Gasteiger partial charge on any atom is -0.340 e. The molecule has 0 spiro atoms. The minimum atomic E-state index is -0.551. The summed E-state index contributed by atoms with van der Waals surface area (Å²) in [4.78, 5) is 37.3. The highest BCUT2D eigenvalue weighted by atomic mass is 16.2. The van der Waals surface area contributed by atoms with Crippen LogP contribution in [0.25, 0.3) is 0 Å². The van der Waals surface area contributed by atoms with Gasteiger partial charge in [0.25, 0.3) is 11.8 Å². The Hall–Kier alpha value is -2.68. The first kappa shape index (κ1) is 16.7. The van der Waals surface area contributed by atoms with E-state index in [2.05, 4.69) is 5.32 Å². The van der Waals surface area contributed by atoms with Crippen molar-refractivity contribution >= 4 is 17.7 Å². The van der Waals surface area contributed by atoms with Crippen LogP contribution in [0.15, 0.2) is 24.3 Å². The summed E-state index contributed by atoms with van der Waals surface area (Å²) in [6, 6.07) is 8.09. The van der Waals surface area contributed by atoms with Gasteiger partial charge in [-0.25, -0.2) is 0 Å². The Kier molecular flexibility index (Phi) is 5.12. The van der Waals surface area contributed by atoms with E-state index in [9.17, 15) is 14.4 Å². The SMILES string of the molecule is CC(C)C[C@@H](C#N)NC(=O)CCN1C(=O)c2ccccc2C1=O. The van der Waals surface area contributed by atoms with Gasteiger partial charge >= 0.3 is 0 Å². The molecule has 1 aromatic carbocycles. The Morgan fingerprint density at radius 1 is 1.22 bits per heavy atom. The molecule has 0 unspecified atom stereocenters. The van der Waals surface area contributed by atoms with Crippen LogP contribution in [0, 0.1) is 17.2 Å². The van der Waals surface area contributed by atoms with E-state index in [0.29, 0.717) is 17.5 Å².